The molecular formula is C13H22N4O3S. The molecule has 1 aliphatic carbocycles. The maximum absolute atomic E-state index is 12.4. The minimum Gasteiger partial charge on any atom is -0.340 e. The molecule has 2 rings (SSSR count). The molecule has 0 bridgehead atoms. The number of carbonyl (C=O) groups excluding carboxylic acids is 1. The van der Waals surface area contributed by atoms with Crippen molar-refractivity contribution in [2.45, 2.75) is 43.9 Å². The number of hydrogen-bond acceptors (Lipinski definition) is 4. The zero-order chi connectivity index (χ0) is 15.8. The highest BCUT2D eigenvalue weighted by molar-refractivity contribution is 7.89. The van der Waals surface area contributed by atoms with Gasteiger partial charge in [-0.1, -0.05) is 20.3 Å². The largest absolute Gasteiger partial charge is 0.340 e. The molecule has 1 amide bonds. The molecule has 8 heteroatoms. The van der Waals surface area contributed by atoms with Gasteiger partial charge in [-0.3, -0.25) is 9.89 Å². The Morgan fingerprint density at radius 1 is 1.52 bits per heavy atom. The second-order valence-corrected chi connectivity index (χ2v) is 7.33. The fourth-order valence-electron chi connectivity index (χ4n) is 2.29. The van der Waals surface area contributed by atoms with Crippen LogP contribution in [0, 0.1) is 5.92 Å². The number of aromatic amines is 1. The van der Waals surface area contributed by atoms with E-state index in [4.69, 9.17) is 5.14 Å². The van der Waals surface area contributed by atoms with Gasteiger partial charge in [0.2, 0.25) is 10.0 Å². The number of primary sulfonamides is 1. The van der Waals surface area contributed by atoms with E-state index in [2.05, 4.69) is 10.2 Å². The molecule has 1 unspecified atom stereocenters. The van der Waals surface area contributed by atoms with E-state index in [-0.39, 0.29) is 16.5 Å². The number of nitrogens with two attached hydrogens (primary N) is 1. The number of aromatic nitrogens is 2. The van der Waals surface area contributed by atoms with E-state index in [1.807, 2.05) is 13.8 Å². The van der Waals surface area contributed by atoms with Crippen LogP contribution < -0.4 is 5.14 Å². The van der Waals surface area contributed by atoms with Crippen LogP contribution in [0.5, 0.6) is 0 Å². The fourth-order valence-corrected chi connectivity index (χ4v) is 3.21. The van der Waals surface area contributed by atoms with Crippen molar-refractivity contribution in [1.82, 2.24) is 15.1 Å². The van der Waals surface area contributed by atoms with Gasteiger partial charge in [0.05, 0.1) is 5.69 Å². The Bertz CT molecular complexity index is 634. The third kappa shape index (κ3) is 3.44. The highest BCUT2D eigenvalue weighted by Gasteiger charge is 2.36. The number of carbonyl (C=O) groups is 1. The van der Waals surface area contributed by atoms with E-state index in [9.17, 15) is 13.2 Å². The summed E-state index contributed by atoms with van der Waals surface area (Å²) in [7, 11) is -2.33. The lowest BCUT2D eigenvalue weighted by atomic mass is 10.1. The highest BCUT2D eigenvalue weighted by atomic mass is 32.2. The monoisotopic (exact) mass is 314 g/mol. The molecule has 0 aliphatic heterocycles. The summed E-state index contributed by atoms with van der Waals surface area (Å²) in [6.45, 7) is 4.62. The molecule has 7 nitrogen and oxygen atoms in total. The van der Waals surface area contributed by atoms with Gasteiger partial charge in [-0.05, 0) is 18.8 Å². The van der Waals surface area contributed by atoms with Crippen LogP contribution in [0.4, 0.5) is 0 Å². The summed E-state index contributed by atoms with van der Waals surface area (Å²) < 4.78 is 23.6. The quantitative estimate of drug-likeness (QED) is 0.818. The van der Waals surface area contributed by atoms with Gasteiger partial charge in [0, 0.05) is 19.5 Å². The molecule has 1 aromatic rings. The third-order valence-corrected chi connectivity index (χ3v) is 4.83. The minimum atomic E-state index is -3.98. The van der Waals surface area contributed by atoms with Crippen LogP contribution >= 0.6 is 0 Å². The van der Waals surface area contributed by atoms with Crippen LogP contribution in [-0.4, -0.2) is 43.0 Å². The second kappa shape index (κ2) is 5.76. The molecule has 1 saturated carbocycles. The fraction of sp³-hybridized carbons (Fsp3) is 0.692. The van der Waals surface area contributed by atoms with E-state index in [1.54, 1.807) is 7.05 Å². The number of sulfonamides is 1. The molecule has 118 valence electrons. The van der Waals surface area contributed by atoms with Crippen molar-refractivity contribution in [3.63, 3.8) is 0 Å². The van der Waals surface area contributed by atoms with Gasteiger partial charge >= 0.3 is 0 Å². The topological polar surface area (TPSA) is 109 Å². The average molecular weight is 314 g/mol. The molecule has 1 aliphatic rings. The average Bonchev–Trinajstić information content (AvgIpc) is 3.14. The molecule has 3 N–H and O–H groups in total. The number of amides is 1. The first-order valence-electron chi connectivity index (χ1n) is 7.12. The van der Waals surface area contributed by atoms with E-state index < -0.39 is 15.9 Å². The lowest BCUT2D eigenvalue weighted by molar-refractivity contribution is 0.0765. The Hall–Kier alpha value is -1.41. The maximum atomic E-state index is 12.4. The van der Waals surface area contributed by atoms with Crippen molar-refractivity contribution >= 4 is 15.9 Å². The van der Waals surface area contributed by atoms with Crippen LogP contribution in [0.15, 0.2) is 4.90 Å². The number of rotatable bonds is 6. The SMILES string of the molecule is CCC(C)CN(C)C(=O)c1n[nH]c(C2CC2)c1S(N)(=O)=O. The first kappa shape index (κ1) is 16.0. The van der Waals surface area contributed by atoms with E-state index >= 15 is 0 Å². The van der Waals surface area contributed by atoms with Crippen molar-refractivity contribution in [3.05, 3.63) is 11.4 Å². The van der Waals surface area contributed by atoms with Gasteiger partial charge in [0.15, 0.2) is 5.69 Å². The van der Waals surface area contributed by atoms with Gasteiger partial charge < -0.3 is 4.90 Å². The normalized spacial score (nSPS) is 16.8. The molecule has 1 heterocycles. The maximum Gasteiger partial charge on any atom is 0.275 e. The van der Waals surface area contributed by atoms with Gasteiger partial charge in [0.1, 0.15) is 4.90 Å². The van der Waals surface area contributed by atoms with Crippen molar-refractivity contribution in [3.8, 4) is 0 Å². The van der Waals surface area contributed by atoms with Crippen LogP contribution in [-0.2, 0) is 10.0 Å². The Morgan fingerprint density at radius 3 is 2.62 bits per heavy atom. The molecular weight excluding hydrogens is 292 g/mol. The van der Waals surface area contributed by atoms with E-state index in [0.717, 1.165) is 19.3 Å². The first-order valence-corrected chi connectivity index (χ1v) is 8.66. The molecule has 0 saturated heterocycles. The molecule has 0 aromatic carbocycles. The molecule has 1 aromatic heterocycles. The van der Waals surface area contributed by atoms with Gasteiger partial charge in [0.25, 0.3) is 5.91 Å². The number of nitrogens with one attached hydrogen (secondary N) is 1. The summed E-state index contributed by atoms with van der Waals surface area (Å²) >= 11 is 0. The summed E-state index contributed by atoms with van der Waals surface area (Å²) in [5.74, 6) is 0.0356. The smallest absolute Gasteiger partial charge is 0.275 e. The van der Waals surface area contributed by atoms with Crippen LogP contribution in [0.25, 0.3) is 0 Å². The summed E-state index contributed by atoms with van der Waals surface area (Å²) in [6, 6.07) is 0. The molecule has 0 spiro atoms. The summed E-state index contributed by atoms with van der Waals surface area (Å²) in [4.78, 5) is 13.8. The molecule has 1 fully saturated rings. The number of H-pyrrole nitrogens is 1. The van der Waals surface area contributed by atoms with Crippen molar-refractivity contribution in [2.75, 3.05) is 13.6 Å². The lowest BCUT2D eigenvalue weighted by Gasteiger charge is -2.20. The van der Waals surface area contributed by atoms with Gasteiger partial charge in [-0.15, -0.1) is 0 Å². The summed E-state index contributed by atoms with van der Waals surface area (Å²) in [6.07, 6.45) is 2.72. The predicted molar refractivity (Wildman–Crippen MR) is 78.4 cm³/mol. The minimum absolute atomic E-state index is 0.0924. The molecule has 0 radical (unpaired) electrons. The van der Waals surface area contributed by atoms with E-state index in [0.29, 0.717) is 18.2 Å². The van der Waals surface area contributed by atoms with Crippen molar-refractivity contribution < 1.29 is 13.2 Å². The van der Waals surface area contributed by atoms with Gasteiger partial charge in [-0.2, -0.15) is 5.10 Å². The van der Waals surface area contributed by atoms with E-state index in [1.165, 1.54) is 4.90 Å². The summed E-state index contributed by atoms with van der Waals surface area (Å²) in [5.41, 5.74) is 0.378. The Morgan fingerprint density at radius 2 is 2.14 bits per heavy atom. The summed E-state index contributed by atoms with van der Waals surface area (Å²) in [5, 5.41) is 11.9. The highest BCUT2D eigenvalue weighted by Crippen LogP contribution is 2.42. The zero-order valence-electron chi connectivity index (χ0n) is 12.6. The third-order valence-electron chi connectivity index (χ3n) is 3.85. The zero-order valence-corrected chi connectivity index (χ0v) is 13.4. The first-order chi connectivity index (χ1) is 9.75. The molecule has 1 atom stereocenters. The predicted octanol–water partition coefficient (Wildman–Crippen LogP) is 1.05. The Kier molecular flexibility index (Phi) is 4.38. The standard InChI is InChI=1S/C13H22N4O3S/c1-4-8(2)7-17(3)13(18)11-12(21(14,19)20)10(15-16-11)9-5-6-9/h8-9H,4-7H2,1-3H3,(H,15,16)(H2,14,19,20). The second-order valence-electron chi connectivity index (χ2n) is 5.83. The number of hydrogen-bond donors (Lipinski definition) is 2. The lowest BCUT2D eigenvalue weighted by Crippen LogP contribution is -2.32. The van der Waals surface area contributed by atoms with Crippen molar-refractivity contribution in [1.29, 1.82) is 0 Å². The van der Waals surface area contributed by atoms with Crippen molar-refractivity contribution in [2.24, 2.45) is 11.1 Å². The van der Waals surface area contributed by atoms with Crippen LogP contribution in [0.1, 0.15) is 55.2 Å². The van der Waals surface area contributed by atoms with Gasteiger partial charge in [-0.25, -0.2) is 13.6 Å². The number of nitrogens with zero attached hydrogens (tertiary/aromatic N) is 2. The van der Waals surface area contributed by atoms with Crippen LogP contribution in [0.2, 0.25) is 0 Å². The molecule has 21 heavy (non-hydrogen) atoms. The Balaban J connectivity index is 2.33. The van der Waals surface area contributed by atoms with Crippen LogP contribution in [0.3, 0.4) is 0 Å². The Labute approximate surface area is 124 Å².